The molecule has 0 spiro atoms. The highest BCUT2D eigenvalue weighted by molar-refractivity contribution is 7.85. The second-order valence-electron chi connectivity index (χ2n) is 5.50. The van der Waals surface area contributed by atoms with Crippen LogP contribution in [0.15, 0.2) is 49.4 Å². The number of aromatic nitrogens is 2. The minimum Gasteiger partial charge on any atom is -0.494 e. The van der Waals surface area contributed by atoms with Gasteiger partial charge in [0.1, 0.15) is 5.56 Å². The third kappa shape index (κ3) is 3.43. The number of aromatic hydroxyl groups is 1. The first-order valence-electron chi connectivity index (χ1n) is 7.33. The molecule has 0 unspecified atom stereocenters. The summed E-state index contributed by atoms with van der Waals surface area (Å²) in [7, 11) is -4.48. The zero-order chi connectivity index (χ0) is 19.9. The second-order valence-corrected chi connectivity index (χ2v) is 6.92. The minimum atomic E-state index is -4.48. The molecule has 27 heavy (non-hydrogen) atoms. The fourth-order valence-electron chi connectivity index (χ4n) is 2.40. The summed E-state index contributed by atoms with van der Waals surface area (Å²) in [5, 5.41) is 14.6. The molecule has 0 radical (unpaired) electrons. The number of H-pyrrole nitrogens is 2. The van der Waals surface area contributed by atoms with E-state index in [2.05, 4.69) is 5.10 Å². The van der Waals surface area contributed by atoms with Crippen LogP contribution >= 0.6 is 0 Å². The summed E-state index contributed by atoms with van der Waals surface area (Å²) in [5.74, 6) is -1.42. The lowest BCUT2D eigenvalue weighted by atomic mass is 10.1. The van der Waals surface area contributed by atoms with Crippen LogP contribution in [0.4, 0.5) is 5.69 Å². The van der Waals surface area contributed by atoms with Crippen LogP contribution in [0.5, 0.6) is 5.88 Å². The number of carbonyl (C=O) groups is 1. The van der Waals surface area contributed by atoms with Crippen LogP contribution in [0.2, 0.25) is 0 Å². The Bertz CT molecular complexity index is 1240. The Balaban J connectivity index is 2.06. The molecule has 1 amide bonds. The summed E-state index contributed by atoms with van der Waals surface area (Å²) in [5.41, 5.74) is -1.97. The number of rotatable bonds is 3. The SMILES string of the molecule is CC1=NN(c2cccc(S(=O)(=O)O)c2)C(=O)/C1=C\c1c(O)[nH]c(=O)[nH]c1=O. The van der Waals surface area contributed by atoms with Gasteiger partial charge in [0, 0.05) is 0 Å². The lowest BCUT2D eigenvalue weighted by Crippen LogP contribution is -2.25. The van der Waals surface area contributed by atoms with Crippen molar-refractivity contribution in [2.24, 2.45) is 5.10 Å². The van der Waals surface area contributed by atoms with E-state index in [-0.39, 0.29) is 22.5 Å². The van der Waals surface area contributed by atoms with Crippen molar-refractivity contribution in [1.82, 2.24) is 9.97 Å². The van der Waals surface area contributed by atoms with E-state index in [4.69, 9.17) is 4.55 Å². The number of nitrogens with one attached hydrogen (secondary N) is 2. The lowest BCUT2D eigenvalue weighted by molar-refractivity contribution is -0.114. The Kier molecular flexibility index (Phi) is 4.29. The lowest BCUT2D eigenvalue weighted by Gasteiger charge is -2.12. The molecule has 0 saturated heterocycles. The Labute approximate surface area is 151 Å². The highest BCUT2D eigenvalue weighted by atomic mass is 32.2. The summed E-state index contributed by atoms with van der Waals surface area (Å²) >= 11 is 0. The first kappa shape index (κ1) is 18.3. The first-order valence-corrected chi connectivity index (χ1v) is 8.77. The molecule has 0 bridgehead atoms. The maximum Gasteiger partial charge on any atom is 0.328 e. The summed E-state index contributed by atoms with van der Waals surface area (Å²) < 4.78 is 31.7. The largest absolute Gasteiger partial charge is 0.494 e. The van der Waals surface area contributed by atoms with Gasteiger partial charge in [-0.05, 0) is 31.2 Å². The fraction of sp³-hybridized carbons (Fsp3) is 0.0667. The molecule has 0 fully saturated rings. The Hall–Kier alpha value is -3.51. The number of aromatic amines is 2. The van der Waals surface area contributed by atoms with Gasteiger partial charge in [-0.2, -0.15) is 18.5 Å². The van der Waals surface area contributed by atoms with Crippen molar-refractivity contribution in [2.45, 2.75) is 11.8 Å². The molecule has 0 saturated carbocycles. The zero-order valence-electron chi connectivity index (χ0n) is 13.6. The van der Waals surface area contributed by atoms with E-state index in [1.807, 2.05) is 9.97 Å². The van der Waals surface area contributed by atoms with Gasteiger partial charge in [-0.1, -0.05) is 6.07 Å². The van der Waals surface area contributed by atoms with Gasteiger partial charge >= 0.3 is 5.69 Å². The third-order valence-corrected chi connectivity index (χ3v) is 4.52. The monoisotopic (exact) mass is 392 g/mol. The molecule has 1 aromatic carbocycles. The van der Waals surface area contributed by atoms with Gasteiger partial charge in [0.05, 0.1) is 21.9 Å². The summed E-state index contributed by atoms with van der Waals surface area (Å²) in [6, 6.07) is 4.91. The molecule has 1 aromatic heterocycles. The van der Waals surface area contributed by atoms with Crippen molar-refractivity contribution in [3.63, 3.8) is 0 Å². The third-order valence-electron chi connectivity index (χ3n) is 3.67. The molecule has 0 aliphatic carbocycles. The van der Waals surface area contributed by atoms with E-state index in [0.717, 1.165) is 23.2 Å². The van der Waals surface area contributed by atoms with Crippen LogP contribution in [-0.4, -0.2) is 39.7 Å². The first-order chi connectivity index (χ1) is 12.6. The number of hydrazone groups is 1. The van der Waals surface area contributed by atoms with Crippen molar-refractivity contribution in [3.05, 3.63) is 56.2 Å². The predicted molar refractivity (Wildman–Crippen MR) is 94.2 cm³/mol. The predicted octanol–water partition coefficient (Wildman–Crippen LogP) is -0.178. The summed E-state index contributed by atoms with van der Waals surface area (Å²) in [6.45, 7) is 1.47. The van der Waals surface area contributed by atoms with Gasteiger partial charge in [-0.3, -0.25) is 24.1 Å². The number of nitrogens with zero attached hydrogens (tertiary/aromatic N) is 2. The van der Waals surface area contributed by atoms with E-state index in [1.54, 1.807) is 0 Å². The van der Waals surface area contributed by atoms with Gasteiger partial charge in [-0.15, -0.1) is 0 Å². The van der Waals surface area contributed by atoms with Crippen LogP contribution in [0, 0.1) is 0 Å². The molecule has 2 heterocycles. The second kappa shape index (κ2) is 6.34. The molecule has 140 valence electrons. The molecular weight excluding hydrogens is 380 g/mol. The molecule has 3 rings (SSSR count). The Morgan fingerprint density at radius 2 is 1.89 bits per heavy atom. The summed E-state index contributed by atoms with van der Waals surface area (Å²) in [6.07, 6.45) is 1.05. The van der Waals surface area contributed by atoms with Crippen molar-refractivity contribution in [1.29, 1.82) is 0 Å². The highest BCUT2D eigenvalue weighted by Gasteiger charge is 2.30. The van der Waals surface area contributed by atoms with Gasteiger partial charge in [0.2, 0.25) is 5.88 Å². The number of hydrogen-bond donors (Lipinski definition) is 4. The number of anilines is 1. The maximum atomic E-state index is 12.6. The fourth-order valence-corrected chi connectivity index (χ4v) is 2.92. The van der Waals surface area contributed by atoms with E-state index in [9.17, 15) is 27.9 Å². The molecular formula is C15H12N4O7S. The van der Waals surface area contributed by atoms with Gasteiger partial charge < -0.3 is 5.11 Å². The van der Waals surface area contributed by atoms with Crippen molar-refractivity contribution in [3.8, 4) is 5.88 Å². The molecule has 4 N–H and O–H groups in total. The van der Waals surface area contributed by atoms with E-state index >= 15 is 0 Å². The van der Waals surface area contributed by atoms with E-state index < -0.39 is 38.0 Å². The smallest absolute Gasteiger partial charge is 0.328 e. The van der Waals surface area contributed by atoms with Crippen LogP contribution in [0.25, 0.3) is 6.08 Å². The molecule has 1 aliphatic rings. The highest BCUT2D eigenvalue weighted by Crippen LogP contribution is 2.27. The van der Waals surface area contributed by atoms with Crippen LogP contribution in [0.1, 0.15) is 12.5 Å². The van der Waals surface area contributed by atoms with E-state index in [0.29, 0.717) is 0 Å². The average Bonchev–Trinajstić information content (AvgIpc) is 2.85. The van der Waals surface area contributed by atoms with Crippen LogP contribution < -0.4 is 16.3 Å². The molecule has 12 heteroatoms. The van der Waals surface area contributed by atoms with Crippen molar-refractivity contribution in [2.75, 3.05) is 5.01 Å². The molecule has 1 aliphatic heterocycles. The van der Waals surface area contributed by atoms with Gasteiger partial charge in [0.25, 0.3) is 21.6 Å². The molecule has 2 aromatic rings. The standard InChI is InChI=1S/C15H12N4O7S/c1-7-10(6-11-12(20)16-15(23)17-13(11)21)14(22)19(18-7)8-3-2-4-9(5-8)27(24,25)26/h2-6H,1H3,(H,24,25,26)(H3,16,17,20,21,23)/b10-6-. The normalized spacial score (nSPS) is 16.1. The topological polar surface area (TPSA) is 173 Å². The Morgan fingerprint density at radius 1 is 1.19 bits per heavy atom. The van der Waals surface area contributed by atoms with Gasteiger partial charge in [0.15, 0.2) is 0 Å². The van der Waals surface area contributed by atoms with Gasteiger partial charge in [-0.25, -0.2) is 4.79 Å². The number of hydrogen-bond acceptors (Lipinski definition) is 7. The van der Waals surface area contributed by atoms with Crippen molar-refractivity contribution >= 4 is 33.5 Å². The maximum absolute atomic E-state index is 12.6. The average molecular weight is 392 g/mol. The van der Waals surface area contributed by atoms with Crippen molar-refractivity contribution < 1.29 is 22.9 Å². The Morgan fingerprint density at radius 3 is 2.52 bits per heavy atom. The molecule has 0 atom stereocenters. The number of benzene rings is 1. The summed E-state index contributed by atoms with van der Waals surface area (Å²) in [4.78, 5) is 39.1. The van der Waals surface area contributed by atoms with E-state index in [1.165, 1.54) is 19.1 Å². The number of amides is 1. The minimum absolute atomic E-state index is 0.0555. The quantitative estimate of drug-likeness (QED) is 0.414. The zero-order valence-corrected chi connectivity index (χ0v) is 14.4. The van der Waals surface area contributed by atoms with Crippen LogP contribution in [-0.2, 0) is 14.9 Å². The molecule has 11 nitrogen and oxygen atoms in total. The van der Waals surface area contributed by atoms with Crippen LogP contribution in [0.3, 0.4) is 0 Å². The number of carbonyl (C=O) groups excluding carboxylic acids is 1.